The maximum Gasteiger partial charge on any atom is 0.332 e. The lowest BCUT2D eigenvalue weighted by atomic mass is 10.1. The molecular formula is C16H18FN3O. The Bertz CT molecular complexity index is 727. The van der Waals surface area contributed by atoms with E-state index in [1.807, 2.05) is 13.0 Å². The first-order valence-corrected chi connectivity index (χ1v) is 6.80. The summed E-state index contributed by atoms with van der Waals surface area (Å²) in [6.07, 6.45) is 2.01. The first-order valence-electron chi connectivity index (χ1n) is 6.80. The third kappa shape index (κ3) is 3.40. The van der Waals surface area contributed by atoms with E-state index >= 15 is 0 Å². The zero-order chi connectivity index (χ0) is 15.6. The molecular weight excluding hydrogens is 269 g/mol. The Hall–Kier alpha value is -2.35. The van der Waals surface area contributed by atoms with Crippen molar-refractivity contribution < 1.29 is 4.39 Å². The van der Waals surface area contributed by atoms with Gasteiger partial charge in [-0.3, -0.25) is 9.13 Å². The molecule has 21 heavy (non-hydrogen) atoms. The predicted molar refractivity (Wildman–Crippen MR) is 79.3 cm³/mol. The summed E-state index contributed by atoms with van der Waals surface area (Å²) in [7, 11) is 0. The fourth-order valence-electron chi connectivity index (χ4n) is 2.16. The van der Waals surface area contributed by atoms with Crippen LogP contribution in [0.2, 0.25) is 0 Å². The second-order valence-electron chi connectivity index (χ2n) is 5.71. The molecule has 0 aliphatic carbocycles. The van der Waals surface area contributed by atoms with Gasteiger partial charge in [-0.1, -0.05) is 0 Å². The van der Waals surface area contributed by atoms with Crippen molar-refractivity contribution in [2.24, 2.45) is 0 Å². The zero-order valence-corrected chi connectivity index (χ0v) is 12.4. The minimum absolute atomic E-state index is 0.193. The van der Waals surface area contributed by atoms with Crippen LogP contribution in [0.25, 0.3) is 5.69 Å². The van der Waals surface area contributed by atoms with E-state index in [0.29, 0.717) is 17.8 Å². The molecule has 0 aliphatic rings. The van der Waals surface area contributed by atoms with Gasteiger partial charge in [0.05, 0.1) is 17.3 Å². The van der Waals surface area contributed by atoms with E-state index < -0.39 is 5.67 Å². The molecule has 0 fully saturated rings. The largest absolute Gasteiger partial charge is 0.332 e. The number of aromatic nitrogens is 2. The van der Waals surface area contributed by atoms with Crippen molar-refractivity contribution in [1.82, 2.24) is 9.13 Å². The van der Waals surface area contributed by atoms with Gasteiger partial charge in [0.2, 0.25) is 0 Å². The monoisotopic (exact) mass is 287 g/mol. The van der Waals surface area contributed by atoms with Crippen LogP contribution in [0.1, 0.15) is 31.5 Å². The Balaban J connectivity index is 2.35. The quantitative estimate of drug-likeness (QED) is 0.868. The molecule has 2 rings (SSSR count). The molecule has 1 aromatic heterocycles. The van der Waals surface area contributed by atoms with Gasteiger partial charge in [0.1, 0.15) is 5.67 Å². The fourth-order valence-corrected chi connectivity index (χ4v) is 2.16. The molecule has 0 aliphatic heterocycles. The first-order chi connectivity index (χ1) is 9.81. The molecule has 0 bridgehead atoms. The van der Waals surface area contributed by atoms with E-state index in [4.69, 9.17) is 5.26 Å². The molecule has 1 heterocycles. The van der Waals surface area contributed by atoms with Crippen LogP contribution in [-0.4, -0.2) is 14.8 Å². The Morgan fingerprint density at radius 2 is 1.90 bits per heavy atom. The predicted octanol–water partition coefficient (Wildman–Crippen LogP) is 2.96. The average Bonchev–Trinajstić information content (AvgIpc) is 2.71. The van der Waals surface area contributed by atoms with Crippen molar-refractivity contribution >= 4 is 0 Å². The molecule has 2 aromatic rings. The van der Waals surface area contributed by atoms with Crippen LogP contribution in [-0.2, 0) is 6.54 Å². The third-order valence-electron chi connectivity index (χ3n) is 3.33. The smallest absolute Gasteiger partial charge is 0.299 e. The highest BCUT2D eigenvalue weighted by molar-refractivity contribution is 5.40. The van der Waals surface area contributed by atoms with Gasteiger partial charge >= 0.3 is 5.69 Å². The number of benzene rings is 1. The van der Waals surface area contributed by atoms with Crippen LogP contribution in [0.3, 0.4) is 0 Å². The number of nitrogens with zero attached hydrogens (tertiary/aromatic N) is 3. The van der Waals surface area contributed by atoms with Crippen molar-refractivity contribution in [1.29, 1.82) is 5.26 Å². The second kappa shape index (κ2) is 5.57. The number of rotatable bonds is 4. The van der Waals surface area contributed by atoms with Crippen LogP contribution < -0.4 is 5.69 Å². The Morgan fingerprint density at radius 1 is 1.29 bits per heavy atom. The molecule has 0 unspecified atom stereocenters. The normalized spacial score (nSPS) is 11.4. The minimum Gasteiger partial charge on any atom is -0.299 e. The van der Waals surface area contributed by atoms with Crippen LogP contribution >= 0.6 is 0 Å². The third-order valence-corrected chi connectivity index (χ3v) is 3.33. The van der Waals surface area contributed by atoms with Crippen molar-refractivity contribution in [3.8, 4) is 11.8 Å². The standard InChI is InChI=1S/C16H18FN3O/c1-12-11-19(9-8-16(2,3)17)15(21)20(12)14-6-4-13(10-18)5-7-14/h4-7,11H,8-9H2,1-3H3. The summed E-state index contributed by atoms with van der Waals surface area (Å²) in [6.45, 7) is 5.17. The number of hydrogen-bond donors (Lipinski definition) is 0. The maximum absolute atomic E-state index is 13.6. The van der Waals surface area contributed by atoms with Gasteiger partial charge in [-0.2, -0.15) is 5.26 Å². The van der Waals surface area contributed by atoms with E-state index in [9.17, 15) is 9.18 Å². The average molecular weight is 287 g/mol. The molecule has 0 saturated carbocycles. The fraction of sp³-hybridized carbons (Fsp3) is 0.375. The molecule has 0 spiro atoms. The molecule has 0 N–H and O–H groups in total. The van der Waals surface area contributed by atoms with E-state index in [0.717, 1.165) is 5.69 Å². The van der Waals surface area contributed by atoms with Gasteiger partial charge < -0.3 is 0 Å². The number of nitriles is 1. The SMILES string of the molecule is Cc1cn(CCC(C)(C)F)c(=O)n1-c1ccc(C#N)cc1. The lowest BCUT2D eigenvalue weighted by Crippen LogP contribution is -2.26. The first kappa shape index (κ1) is 15.0. The molecule has 0 radical (unpaired) electrons. The molecule has 5 heteroatoms. The van der Waals surface area contributed by atoms with Gasteiger partial charge in [-0.05, 0) is 51.5 Å². The lowest BCUT2D eigenvalue weighted by Gasteiger charge is -2.13. The van der Waals surface area contributed by atoms with Crippen molar-refractivity contribution in [2.45, 2.75) is 39.4 Å². The second-order valence-corrected chi connectivity index (χ2v) is 5.71. The Morgan fingerprint density at radius 3 is 2.43 bits per heavy atom. The highest BCUT2D eigenvalue weighted by Gasteiger charge is 2.17. The van der Waals surface area contributed by atoms with Gasteiger partial charge in [0, 0.05) is 18.4 Å². The van der Waals surface area contributed by atoms with Crippen LogP contribution in [0.4, 0.5) is 4.39 Å². The summed E-state index contributed by atoms with van der Waals surface area (Å²) in [5.41, 5.74) is 0.532. The van der Waals surface area contributed by atoms with Crippen molar-refractivity contribution in [3.63, 3.8) is 0 Å². The summed E-state index contributed by atoms with van der Waals surface area (Å²) in [5.74, 6) is 0. The molecule has 0 saturated heterocycles. The zero-order valence-electron chi connectivity index (χ0n) is 12.4. The molecule has 4 nitrogen and oxygen atoms in total. The molecule has 110 valence electrons. The molecule has 0 amide bonds. The topological polar surface area (TPSA) is 50.7 Å². The van der Waals surface area contributed by atoms with Crippen LogP contribution in [0, 0.1) is 18.3 Å². The Labute approximate surface area is 123 Å². The summed E-state index contributed by atoms with van der Waals surface area (Å²) >= 11 is 0. The van der Waals surface area contributed by atoms with Crippen LogP contribution in [0.5, 0.6) is 0 Å². The number of hydrogen-bond acceptors (Lipinski definition) is 2. The number of alkyl halides is 1. The van der Waals surface area contributed by atoms with E-state index in [-0.39, 0.29) is 12.1 Å². The molecule has 0 atom stereocenters. The van der Waals surface area contributed by atoms with Gasteiger partial charge in [0.15, 0.2) is 0 Å². The minimum atomic E-state index is -1.30. The van der Waals surface area contributed by atoms with Crippen molar-refractivity contribution in [3.05, 3.63) is 52.2 Å². The number of halogens is 1. The highest BCUT2D eigenvalue weighted by atomic mass is 19.1. The maximum atomic E-state index is 13.6. The summed E-state index contributed by atoms with van der Waals surface area (Å²) in [6, 6.07) is 8.85. The van der Waals surface area contributed by atoms with E-state index in [1.165, 1.54) is 18.4 Å². The van der Waals surface area contributed by atoms with Crippen molar-refractivity contribution in [2.75, 3.05) is 0 Å². The summed E-state index contributed by atoms with van der Waals surface area (Å²) < 4.78 is 16.7. The highest BCUT2D eigenvalue weighted by Crippen LogP contribution is 2.15. The van der Waals surface area contributed by atoms with E-state index in [1.54, 1.807) is 35.0 Å². The van der Waals surface area contributed by atoms with E-state index in [2.05, 4.69) is 0 Å². The van der Waals surface area contributed by atoms with Crippen LogP contribution in [0.15, 0.2) is 35.3 Å². The molecule has 1 aromatic carbocycles. The number of imidazole rings is 1. The summed E-state index contributed by atoms with van der Waals surface area (Å²) in [5, 5.41) is 8.80. The van der Waals surface area contributed by atoms with Gasteiger partial charge in [-0.15, -0.1) is 0 Å². The van der Waals surface area contributed by atoms with Gasteiger partial charge in [-0.25, -0.2) is 9.18 Å². The number of aryl methyl sites for hydroxylation is 2. The van der Waals surface area contributed by atoms with Gasteiger partial charge in [0.25, 0.3) is 0 Å². The summed E-state index contributed by atoms with van der Waals surface area (Å²) in [4.78, 5) is 12.4. The lowest BCUT2D eigenvalue weighted by molar-refractivity contribution is 0.191. The Kier molecular flexibility index (Phi) is 3.99.